The first-order valence-corrected chi connectivity index (χ1v) is 7.20. The van der Waals surface area contributed by atoms with E-state index in [1.54, 1.807) is 19.2 Å². The highest BCUT2D eigenvalue weighted by Gasteiger charge is 2.13. The number of halogens is 2. The van der Waals surface area contributed by atoms with Crippen LogP contribution in [0.4, 0.5) is 5.69 Å². The van der Waals surface area contributed by atoms with Crippen molar-refractivity contribution in [1.29, 1.82) is 0 Å². The molecule has 6 nitrogen and oxygen atoms in total. The molecule has 1 aromatic heterocycles. The number of hydrogen-bond donors (Lipinski definition) is 2. The number of carboxylic acids is 1. The minimum Gasteiger partial charge on any atom is -0.496 e. The van der Waals surface area contributed by atoms with E-state index in [4.69, 9.17) is 20.3 Å². The van der Waals surface area contributed by atoms with Crippen molar-refractivity contribution in [3.63, 3.8) is 0 Å². The number of hydrogen-bond acceptors (Lipinski definition) is 5. The van der Waals surface area contributed by atoms with Crippen molar-refractivity contribution < 1.29 is 19.4 Å². The van der Waals surface area contributed by atoms with E-state index >= 15 is 0 Å². The van der Waals surface area contributed by atoms with Crippen LogP contribution in [-0.2, 0) is 0 Å². The van der Waals surface area contributed by atoms with Gasteiger partial charge in [-0.3, -0.25) is 0 Å². The van der Waals surface area contributed by atoms with Crippen LogP contribution in [0, 0.1) is 0 Å². The summed E-state index contributed by atoms with van der Waals surface area (Å²) in [5.74, 6) is 0.119. The molecule has 3 N–H and O–H groups in total. The highest BCUT2D eigenvalue weighted by atomic mass is 79.9. The third-order valence-electron chi connectivity index (χ3n) is 2.54. The molecule has 0 atom stereocenters. The van der Waals surface area contributed by atoms with Gasteiger partial charge in [-0.1, -0.05) is 0 Å². The van der Waals surface area contributed by atoms with E-state index in [9.17, 15) is 4.79 Å². The van der Waals surface area contributed by atoms with Gasteiger partial charge >= 0.3 is 5.97 Å². The van der Waals surface area contributed by atoms with Gasteiger partial charge in [-0.25, -0.2) is 9.78 Å². The van der Waals surface area contributed by atoms with Crippen LogP contribution in [0.5, 0.6) is 17.4 Å². The Kier molecular flexibility index (Phi) is 4.69. The SMILES string of the molecule is COc1cc(Br)c(Oc2ncc(C(=O)O)cc2N)cc1Br. The van der Waals surface area contributed by atoms with Crippen LogP contribution in [-0.4, -0.2) is 23.2 Å². The van der Waals surface area contributed by atoms with E-state index in [0.29, 0.717) is 20.4 Å². The van der Waals surface area contributed by atoms with Crippen LogP contribution < -0.4 is 15.2 Å². The number of aromatic carboxylic acids is 1. The molecule has 0 saturated carbocycles. The molecule has 2 rings (SSSR count). The van der Waals surface area contributed by atoms with Gasteiger partial charge in [0.15, 0.2) is 0 Å². The van der Waals surface area contributed by atoms with Crippen molar-refractivity contribution in [2.75, 3.05) is 12.8 Å². The number of nitrogens with two attached hydrogens (primary N) is 1. The van der Waals surface area contributed by atoms with Gasteiger partial charge in [-0.05, 0) is 50.1 Å². The topological polar surface area (TPSA) is 94.7 Å². The molecule has 8 heteroatoms. The highest BCUT2D eigenvalue weighted by Crippen LogP contribution is 2.38. The second-order valence-electron chi connectivity index (χ2n) is 3.94. The van der Waals surface area contributed by atoms with Crippen LogP contribution in [0.2, 0.25) is 0 Å². The molecule has 0 aliphatic carbocycles. The summed E-state index contributed by atoms with van der Waals surface area (Å²) in [7, 11) is 1.55. The molecule has 0 aliphatic rings. The molecular formula is C13H10Br2N2O4. The van der Waals surface area contributed by atoms with Crippen molar-refractivity contribution in [2.45, 2.75) is 0 Å². The summed E-state index contributed by atoms with van der Waals surface area (Å²) in [6.07, 6.45) is 1.18. The van der Waals surface area contributed by atoms with Crippen molar-refractivity contribution in [1.82, 2.24) is 4.98 Å². The molecule has 0 spiro atoms. The lowest BCUT2D eigenvalue weighted by atomic mass is 10.2. The fraction of sp³-hybridized carbons (Fsp3) is 0.0769. The maximum atomic E-state index is 10.8. The molecule has 0 fully saturated rings. The van der Waals surface area contributed by atoms with Gasteiger partial charge in [-0.15, -0.1) is 0 Å². The molecule has 0 amide bonds. The zero-order chi connectivity index (χ0) is 15.6. The summed E-state index contributed by atoms with van der Waals surface area (Å²) in [6, 6.07) is 4.70. The molecule has 110 valence electrons. The highest BCUT2D eigenvalue weighted by molar-refractivity contribution is 9.11. The molecule has 21 heavy (non-hydrogen) atoms. The van der Waals surface area contributed by atoms with Crippen molar-refractivity contribution in [3.8, 4) is 17.4 Å². The number of anilines is 1. The molecule has 0 saturated heterocycles. The lowest BCUT2D eigenvalue weighted by Gasteiger charge is -2.11. The lowest BCUT2D eigenvalue weighted by molar-refractivity contribution is 0.0696. The predicted octanol–water partition coefficient (Wildman–Crippen LogP) is 3.69. The summed E-state index contributed by atoms with van der Waals surface area (Å²) in [6.45, 7) is 0. The molecule has 0 unspecified atom stereocenters. The predicted molar refractivity (Wildman–Crippen MR) is 84.1 cm³/mol. The largest absolute Gasteiger partial charge is 0.496 e. The summed E-state index contributed by atoms with van der Waals surface area (Å²) in [5, 5.41) is 8.86. The number of carboxylic acid groups (broad SMARTS) is 1. The van der Waals surface area contributed by atoms with E-state index in [-0.39, 0.29) is 17.1 Å². The zero-order valence-electron chi connectivity index (χ0n) is 10.8. The van der Waals surface area contributed by atoms with Gasteiger partial charge < -0.3 is 20.3 Å². The summed E-state index contributed by atoms with van der Waals surface area (Å²) in [4.78, 5) is 14.7. The maximum Gasteiger partial charge on any atom is 0.337 e. The van der Waals surface area contributed by atoms with Crippen LogP contribution in [0.1, 0.15) is 10.4 Å². The van der Waals surface area contributed by atoms with Gasteiger partial charge in [0, 0.05) is 6.20 Å². The van der Waals surface area contributed by atoms with Crippen LogP contribution in [0.25, 0.3) is 0 Å². The Balaban J connectivity index is 2.34. The quantitative estimate of drug-likeness (QED) is 0.787. The monoisotopic (exact) mass is 416 g/mol. The minimum absolute atomic E-state index is 0.00479. The van der Waals surface area contributed by atoms with E-state index in [1.807, 2.05) is 0 Å². The van der Waals surface area contributed by atoms with Gasteiger partial charge in [0.2, 0.25) is 5.88 Å². The maximum absolute atomic E-state index is 10.8. The normalized spacial score (nSPS) is 10.2. The number of rotatable bonds is 4. The lowest BCUT2D eigenvalue weighted by Crippen LogP contribution is -2.02. The molecule has 0 bridgehead atoms. The van der Waals surface area contributed by atoms with Crippen LogP contribution in [0.15, 0.2) is 33.3 Å². The Labute approximate surface area is 137 Å². The molecule has 1 heterocycles. The molecule has 0 radical (unpaired) electrons. The molecule has 1 aromatic carbocycles. The minimum atomic E-state index is -1.10. The van der Waals surface area contributed by atoms with Gasteiger partial charge in [0.25, 0.3) is 0 Å². The summed E-state index contributed by atoms with van der Waals surface area (Å²) in [5.41, 5.74) is 5.88. The van der Waals surface area contributed by atoms with E-state index < -0.39 is 5.97 Å². The van der Waals surface area contributed by atoms with Gasteiger partial charge in [0.1, 0.15) is 11.5 Å². The number of methoxy groups -OCH3 is 1. The van der Waals surface area contributed by atoms with Crippen LogP contribution in [0.3, 0.4) is 0 Å². The second kappa shape index (κ2) is 6.31. The Bertz CT molecular complexity index is 707. The van der Waals surface area contributed by atoms with Crippen molar-refractivity contribution in [2.24, 2.45) is 0 Å². The fourth-order valence-electron chi connectivity index (χ4n) is 1.52. The Morgan fingerprint density at radius 3 is 2.43 bits per heavy atom. The van der Waals surface area contributed by atoms with E-state index in [0.717, 1.165) is 0 Å². The Morgan fingerprint density at radius 2 is 1.86 bits per heavy atom. The van der Waals surface area contributed by atoms with Crippen LogP contribution >= 0.6 is 31.9 Å². The summed E-state index contributed by atoms with van der Waals surface area (Å²) < 4.78 is 12.1. The standard InChI is InChI=1S/C13H10Br2N2O4/c1-20-10-3-8(15)11(4-7(10)14)21-12-9(16)2-6(5-17-12)13(18)19/h2-5H,16H2,1H3,(H,18,19). The number of carbonyl (C=O) groups is 1. The first kappa shape index (κ1) is 15.6. The second-order valence-corrected chi connectivity index (χ2v) is 5.65. The van der Waals surface area contributed by atoms with Gasteiger partial charge in [-0.2, -0.15) is 0 Å². The third-order valence-corrected chi connectivity index (χ3v) is 3.78. The first-order valence-electron chi connectivity index (χ1n) is 5.62. The number of benzene rings is 1. The van der Waals surface area contributed by atoms with Crippen molar-refractivity contribution >= 4 is 43.5 Å². The number of ether oxygens (including phenoxy) is 2. The van der Waals surface area contributed by atoms with E-state index in [1.165, 1.54) is 12.3 Å². The third kappa shape index (κ3) is 3.45. The molecule has 2 aromatic rings. The van der Waals surface area contributed by atoms with E-state index in [2.05, 4.69) is 36.8 Å². The van der Waals surface area contributed by atoms with Crippen molar-refractivity contribution in [3.05, 3.63) is 38.9 Å². The van der Waals surface area contributed by atoms with Gasteiger partial charge in [0.05, 0.1) is 27.3 Å². The number of nitrogen functional groups attached to an aromatic ring is 1. The summed E-state index contributed by atoms with van der Waals surface area (Å²) >= 11 is 6.70. The fourth-order valence-corrected chi connectivity index (χ4v) is 2.41. The Morgan fingerprint density at radius 1 is 1.24 bits per heavy atom. The molecule has 0 aliphatic heterocycles. The zero-order valence-corrected chi connectivity index (χ0v) is 13.9. The number of pyridine rings is 1. The Hall–Kier alpha value is -1.80. The number of nitrogens with zero attached hydrogens (tertiary/aromatic N) is 1. The number of aromatic nitrogens is 1. The average molecular weight is 418 g/mol. The molecular weight excluding hydrogens is 408 g/mol. The first-order chi connectivity index (χ1) is 9.92. The smallest absolute Gasteiger partial charge is 0.337 e. The average Bonchev–Trinajstić information content (AvgIpc) is 2.44.